The third-order valence-corrected chi connectivity index (χ3v) is 15.3. The minimum Gasteiger partial charge on any atom is -0.462 e. The highest BCUT2D eigenvalue weighted by atomic mass is 16.5. The molecule has 2 saturated heterocycles. The zero-order chi connectivity index (χ0) is 47.9. The van der Waals surface area contributed by atoms with Gasteiger partial charge in [0.2, 0.25) is 0 Å². The van der Waals surface area contributed by atoms with E-state index in [1.54, 1.807) is 0 Å². The molecule has 65 heavy (non-hydrogen) atoms. The second-order valence-electron chi connectivity index (χ2n) is 23.6. The Labute approximate surface area is 405 Å². The number of nitrogens with zero attached hydrogens (tertiary/aromatic N) is 2. The van der Waals surface area contributed by atoms with Crippen LogP contribution in [0.1, 0.15) is 300 Å². The molecule has 0 aliphatic carbocycles. The smallest absolute Gasteiger partial charge is 0.306 e. The molecule has 0 unspecified atom stereocenters. The summed E-state index contributed by atoms with van der Waals surface area (Å²) in [5, 5.41) is 0. The molecule has 0 N–H and O–H groups in total. The summed E-state index contributed by atoms with van der Waals surface area (Å²) in [5.74, 6) is -0.0342. The third-order valence-electron chi connectivity index (χ3n) is 15.3. The summed E-state index contributed by atoms with van der Waals surface area (Å²) in [4.78, 5) is 31.0. The quantitative estimate of drug-likeness (QED) is 0.0448. The lowest BCUT2D eigenvalue weighted by Crippen LogP contribution is -2.63. The van der Waals surface area contributed by atoms with E-state index in [0.29, 0.717) is 26.1 Å². The maximum Gasteiger partial charge on any atom is 0.306 e. The number of carbonyl (C=O) groups excluding carboxylic acids is 2. The van der Waals surface area contributed by atoms with Gasteiger partial charge in [-0.05, 0) is 68.2 Å². The van der Waals surface area contributed by atoms with Crippen LogP contribution >= 0.6 is 0 Å². The number of rotatable bonds is 40. The number of hydrogen-bond donors (Lipinski definition) is 0. The molecule has 0 radical (unpaired) electrons. The summed E-state index contributed by atoms with van der Waals surface area (Å²) < 4.78 is 18.6. The number of hydrogen-bond acceptors (Lipinski definition) is 7. The van der Waals surface area contributed by atoms with Crippen LogP contribution in [-0.4, -0.2) is 82.4 Å². The largest absolute Gasteiger partial charge is 0.462 e. The summed E-state index contributed by atoms with van der Waals surface area (Å²) in [7, 11) is 0. The monoisotopic (exact) mass is 917 g/mol. The van der Waals surface area contributed by atoms with E-state index in [2.05, 4.69) is 79.0 Å². The van der Waals surface area contributed by atoms with Crippen molar-refractivity contribution in [1.82, 2.24) is 9.80 Å². The first-order valence-electron chi connectivity index (χ1n) is 28.6. The van der Waals surface area contributed by atoms with Crippen molar-refractivity contribution < 1.29 is 23.8 Å². The Morgan fingerprint density at radius 3 is 0.815 bits per heavy atom. The lowest BCUT2D eigenvalue weighted by atomic mass is 9.78. The number of esters is 2. The number of ether oxygens (including phenoxy) is 3. The highest BCUT2D eigenvalue weighted by molar-refractivity contribution is 5.69. The molecule has 0 bridgehead atoms. The predicted molar refractivity (Wildman–Crippen MR) is 278 cm³/mol. The molecular weight excluding hydrogens is 805 g/mol. The predicted octanol–water partition coefficient (Wildman–Crippen LogP) is 16.7. The zero-order valence-electron chi connectivity index (χ0n) is 45.4. The van der Waals surface area contributed by atoms with Crippen LogP contribution in [0.5, 0.6) is 0 Å². The van der Waals surface area contributed by atoms with E-state index in [-0.39, 0.29) is 46.3 Å². The summed E-state index contributed by atoms with van der Waals surface area (Å²) in [5.41, 5.74) is -0.388. The highest BCUT2D eigenvalue weighted by Gasteiger charge is 2.47. The molecule has 384 valence electrons. The van der Waals surface area contributed by atoms with Gasteiger partial charge in [0.1, 0.15) is 12.2 Å². The number of unbranched alkanes of at least 4 members (excludes halogenated alkanes) is 28. The van der Waals surface area contributed by atoms with E-state index in [9.17, 15) is 9.59 Å². The average molecular weight is 918 g/mol. The van der Waals surface area contributed by atoms with Crippen LogP contribution < -0.4 is 0 Å². The van der Waals surface area contributed by atoms with Gasteiger partial charge in [-0.2, -0.15) is 0 Å². The molecule has 0 spiro atoms. The SMILES string of the molecule is CCCCCCCCCCCCCCCCCC(=O)OC1CC(C)(C)N(CCOCCN2C(C)(C)CC(OC(=O)CCCCCCCCCCCCCCCCC)CC2(C)C)C(C)(C)C1. The van der Waals surface area contributed by atoms with E-state index in [0.717, 1.165) is 64.5 Å². The van der Waals surface area contributed by atoms with E-state index < -0.39 is 0 Å². The molecule has 7 heteroatoms. The standard InChI is InChI=1S/C58H112N2O5/c1-11-13-15-17-19-21-23-25-27-29-31-33-35-37-39-41-53(61)64-51-47-55(3,4)59(56(5,6)48-51)43-45-63-46-44-60-57(7,8)49-52(50-58(60,9)10)65-54(62)42-40-38-36-34-32-30-28-26-24-22-20-18-16-14-12-2/h51-52H,11-50H2,1-10H3. The molecule has 0 aromatic heterocycles. The first kappa shape index (κ1) is 59.9. The first-order chi connectivity index (χ1) is 31.0. The second kappa shape index (κ2) is 34.2. The van der Waals surface area contributed by atoms with E-state index in [4.69, 9.17) is 14.2 Å². The maximum absolute atomic E-state index is 12.9. The van der Waals surface area contributed by atoms with E-state index in [1.807, 2.05) is 0 Å². The molecule has 0 saturated carbocycles. The summed E-state index contributed by atoms with van der Waals surface area (Å²) in [6.45, 7) is 26.0. The van der Waals surface area contributed by atoms with Gasteiger partial charge in [-0.3, -0.25) is 19.4 Å². The number of carbonyl (C=O) groups is 2. The molecule has 2 aliphatic heterocycles. The normalized spacial score (nSPS) is 18.9. The van der Waals surface area contributed by atoms with Crippen molar-refractivity contribution in [3.8, 4) is 0 Å². The second-order valence-corrected chi connectivity index (χ2v) is 23.6. The Morgan fingerprint density at radius 1 is 0.369 bits per heavy atom. The minimum absolute atomic E-state index is 0.0171. The molecule has 2 rings (SSSR count). The van der Waals surface area contributed by atoms with Gasteiger partial charge < -0.3 is 14.2 Å². The summed E-state index contributed by atoms with van der Waals surface area (Å²) in [6.07, 6.45) is 44.3. The van der Waals surface area contributed by atoms with Crippen LogP contribution in [0.25, 0.3) is 0 Å². The van der Waals surface area contributed by atoms with Gasteiger partial charge in [0.15, 0.2) is 0 Å². The Morgan fingerprint density at radius 2 is 0.585 bits per heavy atom. The van der Waals surface area contributed by atoms with Crippen molar-refractivity contribution in [2.45, 2.75) is 335 Å². The fraction of sp³-hybridized carbons (Fsp3) is 0.966. The first-order valence-corrected chi connectivity index (χ1v) is 28.6. The third kappa shape index (κ3) is 27.0. The number of piperidine rings is 2. The zero-order valence-corrected chi connectivity index (χ0v) is 45.4. The maximum atomic E-state index is 12.9. The highest BCUT2D eigenvalue weighted by Crippen LogP contribution is 2.41. The van der Waals surface area contributed by atoms with Gasteiger partial charge in [-0.25, -0.2) is 0 Å². The van der Waals surface area contributed by atoms with Crippen molar-refractivity contribution in [3.05, 3.63) is 0 Å². The lowest BCUT2D eigenvalue weighted by Gasteiger charge is -2.55. The van der Waals surface area contributed by atoms with Crippen molar-refractivity contribution in [2.24, 2.45) is 0 Å². The Bertz CT molecular complexity index is 1070. The molecule has 2 aliphatic rings. The van der Waals surface area contributed by atoms with Crippen LogP contribution in [0.4, 0.5) is 0 Å². The summed E-state index contributed by atoms with van der Waals surface area (Å²) >= 11 is 0. The van der Waals surface area contributed by atoms with Gasteiger partial charge in [-0.15, -0.1) is 0 Å². The molecule has 0 amide bonds. The van der Waals surface area contributed by atoms with Crippen molar-refractivity contribution in [3.63, 3.8) is 0 Å². The van der Waals surface area contributed by atoms with Gasteiger partial charge in [0.05, 0.1) is 13.2 Å². The van der Waals surface area contributed by atoms with Crippen molar-refractivity contribution in [1.29, 1.82) is 0 Å². The molecule has 0 atom stereocenters. The van der Waals surface area contributed by atoms with Gasteiger partial charge in [-0.1, -0.05) is 194 Å². The minimum atomic E-state index is -0.0971. The Balaban J connectivity index is 1.57. The van der Waals surface area contributed by atoms with Crippen molar-refractivity contribution in [2.75, 3.05) is 26.3 Å². The summed E-state index contributed by atoms with van der Waals surface area (Å²) in [6, 6.07) is 0. The van der Waals surface area contributed by atoms with Crippen LogP contribution in [-0.2, 0) is 23.8 Å². The topological polar surface area (TPSA) is 68.3 Å². The van der Waals surface area contributed by atoms with E-state index >= 15 is 0 Å². The fourth-order valence-corrected chi connectivity index (χ4v) is 12.0. The molecule has 7 nitrogen and oxygen atoms in total. The molecular formula is C58H112N2O5. The van der Waals surface area contributed by atoms with Gasteiger partial charge in [0.25, 0.3) is 0 Å². The van der Waals surface area contributed by atoms with Gasteiger partial charge >= 0.3 is 11.9 Å². The Kier molecular flexibility index (Phi) is 31.5. The average Bonchev–Trinajstić information content (AvgIpc) is 3.21. The molecule has 0 aromatic rings. The van der Waals surface area contributed by atoms with Crippen molar-refractivity contribution >= 4 is 11.9 Å². The molecule has 2 fully saturated rings. The van der Waals surface area contributed by atoms with E-state index in [1.165, 1.54) is 167 Å². The molecule has 2 heterocycles. The van der Waals surface area contributed by atoms with Crippen LogP contribution in [0, 0.1) is 0 Å². The van der Waals surface area contributed by atoms with Gasteiger partial charge in [0, 0.05) is 73.8 Å². The Hall–Kier alpha value is -1.18. The fourth-order valence-electron chi connectivity index (χ4n) is 12.0. The number of likely N-dealkylation sites (tertiary alicyclic amines) is 2. The lowest BCUT2D eigenvalue weighted by molar-refractivity contribution is -0.161. The molecule has 0 aromatic carbocycles. The van der Waals surface area contributed by atoms with Crippen LogP contribution in [0.3, 0.4) is 0 Å². The van der Waals surface area contributed by atoms with Crippen LogP contribution in [0.2, 0.25) is 0 Å². The van der Waals surface area contributed by atoms with Crippen LogP contribution in [0.15, 0.2) is 0 Å².